The third-order valence-electron chi connectivity index (χ3n) is 6.76. The Kier molecular flexibility index (Phi) is 1.67. The summed E-state index contributed by atoms with van der Waals surface area (Å²) < 4.78 is 0. The molecular formula is C15H24. The van der Waals surface area contributed by atoms with Crippen LogP contribution in [0.1, 0.15) is 59.8 Å². The average Bonchev–Trinajstić information content (AvgIpc) is 2.55. The van der Waals surface area contributed by atoms with Crippen molar-refractivity contribution in [1.29, 1.82) is 0 Å². The first-order valence-electron chi connectivity index (χ1n) is 6.60. The molecule has 0 amide bonds. The zero-order valence-corrected chi connectivity index (χ0v) is 10.7. The van der Waals surface area contributed by atoms with E-state index in [1.54, 1.807) is 5.57 Å². The molecule has 0 heteroatoms. The van der Waals surface area contributed by atoms with Crippen LogP contribution in [0.2, 0.25) is 0 Å². The Morgan fingerprint density at radius 1 is 1.20 bits per heavy atom. The molecule has 0 aliphatic heterocycles. The Balaban J connectivity index is 2.17. The molecule has 2 fully saturated rings. The fourth-order valence-electron chi connectivity index (χ4n) is 5.32. The van der Waals surface area contributed by atoms with Crippen molar-refractivity contribution in [2.24, 2.45) is 22.2 Å². The zero-order chi connectivity index (χ0) is 10.9. The first-order valence-corrected chi connectivity index (χ1v) is 6.60. The molecule has 3 aliphatic carbocycles. The van der Waals surface area contributed by atoms with Crippen molar-refractivity contribution in [1.82, 2.24) is 0 Å². The highest BCUT2D eigenvalue weighted by Crippen LogP contribution is 2.76. The van der Waals surface area contributed by atoms with E-state index < -0.39 is 0 Å². The van der Waals surface area contributed by atoms with Gasteiger partial charge in [0.25, 0.3) is 0 Å². The summed E-state index contributed by atoms with van der Waals surface area (Å²) in [6.45, 7) is 10.0. The number of allylic oxidation sites excluding steroid dienone is 2. The molecule has 0 nitrogen and oxygen atoms in total. The van der Waals surface area contributed by atoms with Crippen LogP contribution in [0.15, 0.2) is 11.6 Å². The molecule has 15 heavy (non-hydrogen) atoms. The van der Waals surface area contributed by atoms with Gasteiger partial charge in [-0.2, -0.15) is 0 Å². The first kappa shape index (κ1) is 9.93. The summed E-state index contributed by atoms with van der Waals surface area (Å²) in [5.41, 5.74) is 3.50. The van der Waals surface area contributed by atoms with Crippen molar-refractivity contribution in [3.8, 4) is 0 Å². The lowest BCUT2D eigenvalue weighted by Gasteiger charge is -2.45. The van der Waals surface area contributed by atoms with Gasteiger partial charge in [-0.25, -0.2) is 0 Å². The molecule has 0 aromatic carbocycles. The molecule has 0 saturated heterocycles. The normalized spacial score (nSPS) is 51.5. The summed E-state index contributed by atoms with van der Waals surface area (Å²) >= 11 is 0. The van der Waals surface area contributed by atoms with Gasteiger partial charge in [0.2, 0.25) is 0 Å². The molecule has 3 unspecified atom stereocenters. The lowest BCUT2D eigenvalue weighted by molar-refractivity contribution is 0.0350. The SMILES string of the molecule is CC1=CCC23CCCC2(C)C(C)(C)C1C3. The summed E-state index contributed by atoms with van der Waals surface area (Å²) in [7, 11) is 0. The van der Waals surface area contributed by atoms with Crippen molar-refractivity contribution in [3.63, 3.8) is 0 Å². The van der Waals surface area contributed by atoms with E-state index in [0.29, 0.717) is 16.2 Å². The fourth-order valence-corrected chi connectivity index (χ4v) is 5.32. The lowest BCUT2D eigenvalue weighted by atomic mass is 9.59. The van der Waals surface area contributed by atoms with E-state index in [2.05, 4.69) is 33.8 Å². The van der Waals surface area contributed by atoms with Crippen molar-refractivity contribution in [3.05, 3.63) is 11.6 Å². The predicted molar refractivity (Wildman–Crippen MR) is 64.7 cm³/mol. The molecule has 0 N–H and O–H groups in total. The zero-order valence-electron chi connectivity index (χ0n) is 10.7. The number of rotatable bonds is 0. The second-order valence-electron chi connectivity index (χ2n) is 7.10. The summed E-state index contributed by atoms with van der Waals surface area (Å²) in [5, 5.41) is 0. The van der Waals surface area contributed by atoms with E-state index >= 15 is 0 Å². The first-order chi connectivity index (χ1) is 6.93. The summed E-state index contributed by atoms with van der Waals surface area (Å²) in [6.07, 6.45) is 9.85. The van der Waals surface area contributed by atoms with Crippen LogP contribution in [0, 0.1) is 22.2 Å². The Morgan fingerprint density at radius 3 is 2.67 bits per heavy atom. The second kappa shape index (κ2) is 2.52. The molecule has 1 spiro atoms. The predicted octanol–water partition coefficient (Wildman–Crippen LogP) is 4.56. The van der Waals surface area contributed by atoms with Gasteiger partial charge in [-0.15, -0.1) is 0 Å². The minimum absolute atomic E-state index is 0.528. The van der Waals surface area contributed by atoms with E-state index in [1.165, 1.54) is 32.1 Å². The van der Waals surface area contributed by atoms with Gasteiger partial charge in [-0.05, 0) is 54.8 Å². The number of hydrogen-bond acceptors (Lipinski definition) is 0. The molecule has 2 saturated carbocycles. The third kappa shape index (κ3) is 0.867. The maximum Gasteiger partial charge on any atom is -0.0144 e. The molecule has 3 aliphatic rings. The standard InChI is InChI=1S/C15H24/c1-11-6-9-15-8-5-7-14(15,4)13(2,3)12(11)10-15/h6,12H,5,7-10H2,1-4H3. The topological polar surface area (TPSA) is 0 Å². The molecule has 3 atom stereocenters. The van der Waals surface area contributed by atoms with Crippen molar-refractivity contribution in [2.75, 3.05) is 0 Å². The molecular weight excluding hydrogens is 180 g/mol. The van der Waals surface area contributed by atoms with Crippen molar-refractivity contribution in [2.45, 2.75) is 59.8 Å². The van der Waals surface area contributed by atoms with Gasteiger partial charge in [0.05, 0.1) is 0 Å². The van der Waals surface area contributed by atoms with Crippen LogP contribution >= 0.6 is 0 Å². The van der Waals surface area contributed by atoms with E-state index in [9.17, 15) is 0 Å². The van der Waals surface area contributed by atoms with Gasteiger partial charge < -0.3 is 0 Å². The molecule has 84 valence electrons. The van der Waals surface area contributed by atoms with Crippen LogP contribution in [0.25, 0.3) is 0 Å². The maximum atomic E-state index is 2.59. The van der Waals surface area contributed by atoms with E-state index in [1.807, 2.05) is 0 Å². The van der Waals surface area contributed by atoms with E-state index in [-0.39, 0.29) is 0 Å². The van der Waals surface area contributed by atoms with Gasteiger partial charge in [-0.1, -0.05) is 38.8 Å². The van der Waals surface area contributed by atoms with Crippen LogP contribution in [-0.2, 0) is 0 Å². The molecule has 3 rings (SSSR count). The van der Waals surface area contributed by atoms with Crippen molar-refractivity contribution >= 4 is 0 Å². The van der Waals surface area contributed by atoms with Gasteiger partial charge >= 0.3 is 0 Å². The second-order valence-corrected chi connectivity index (χ2v) is 7.10. The largest absolute Gasteiger partial charge is 0.0847 e. The van der Waals surface area contributed by atoms with Crippen molar-refractivity contribution < 1.29 is 0 Å². The fraction of sp³-hybridized carbons (Fsp3) is 0.867. The Morgan fingerprint density at radius 2 is 1.93 bits per heavy atom. The Labute approximate surface area is 94.1 Å². The number of hydrogen-bond donors (Lipinski definition) is 0. The molecule has 0 aromatic rings. The van der Waals surface area contributed by atoms with Gasteiger partial charge in [-0.3, -0.25) is 0 Å². The summed E-state index contributed by atoms with van der Waals surface area (Å²) in [5.74, 6) is 0.872. The summed E-state index contributed by atoms with van der Waals surface area (Å²) in [4.78, 5) is 0. The van der Waals surface area contributed by atoms with Crippen LogP contribution in [0.3, 0.4) is 0 Å². The van der Waals surface area contributed by atoms with Gasteiger partial charge in [0.1, 0.15) is 0 Å². The highest BCUT2D eigenvalue weighted by molar-refractivity contribution is 5.28. The lowest BCUT2D eigenvalue weighted by Crippen LogP contribution is -2.38. The minimum Gasteiger partial charge on any atom is -0.0847 e. The monoisotopic (exact) mass is 204 g/mol. The number of fused-ring (bicyclic) bond motifs is 1. The Bertz CT molecular complexity index is 336. The highest BCUT2D eigenvalue weighted by atomic mass is 14.7. The maximum absolute atomic E-state index is 2.59. The van der Waals surface area contributed by atoms with Crippen LogP contribution < -0.4 is 0 Å². The van der Waals surface area contributed by atoms with Gasteiger partial charge in [0, 0.05) is 0 Å². The molecule has 0 aromatic heterocycles. The average molecular weight is 204 g/mol. The molecule has 0 heterocycles. The van der Waals surface area contributed by atoms with E-state index in [0.717, 1.165) is 5.92 Å². The van der Waals surface area contributed by atoms with Crippen LogP contribution in [-0.4, -0.2) is 0 Å². The van der Waals surface area contributed by atoms with Crippen LogP contribution in [0.5, 0.6) is 0 Å². The minimum atomic E-state index is 0.528. The van der Waals surface area contributed by atoms with Gasteiger partial charge in [0.15, 0.2) is 0 Å². The molecule has 2 bridgehead atoms. The quantitative estimate of drug-likeness (QED) is 0.507. The molecule has 0 radical (unpaired) electrons. The summed E-state index contributed by atoms with van der Waals surface area (Å²) in [6, 6.07) is 0. The smallest absolute Gasteiger partial charge is 0.0144 e. The van der Waals surface area contributed by atoms with E-state index in [4.69, 9.17) is 0 Å². The Hall–Kier alpha value is -0.260. The third-order valence-corrected chi connectivity index (χ3v) is 6.76. The van der Waals surface area contributed by atoms with Crippen LogP contribution in [0.4, 0.5) is 0 Å². The highest BCUT2D eigenvalue weighted by Gasteiger charge is 2.67.